The Hall–Kier alpha value is -4.00. The zero-order valence-corrected chi connectivity index (χ0v) is 16.3. The van der Waals surface area contributed by atoms with Gasteiger partial charge in [0, 0.05) is 23.2 Å². The number of halogens is 1. The number of hydrogen-bond acceptors (Lipinski definition) is 5. The Morgan fingerprint density at radius 2 is 1.97 bits per heavy atom. The summed E-state index contributed by atoms with van der Waals surface area (Å²) in [6.07, 6.45) is 1.64. The van der Waals surface area contributed by atoms with Gasteiger partial charge in [-0.25, -0.2) is 14.4 Å². The number of amides is 1. The van der Waals surface area contributed by atoms with Crippen LogP contribution < -0.4 is 10.9 Å². The van der Waals surface area contributed by atoms with Crippen LogP contribution in [0.3, 0.4) is 0 Å². The molecule has 30 heavy (non-hydrogen) atoms. The Morgan fingerprint density at radius 1 is 1.13 bits per heavy atom. The first-order valence-corrected chi connectivity index (χ1v) is 9.21. The highest BCUT2D eigenvalue weighted by Crippen LogP contribution is 2.23. The molecule has 4 aromatic rings. The SMILES string of the molecule is Cc1ccc(NC(=O)c2cc3ccc(O)cc3oc2=Nc2cccc(F)c2C)nc1. The number of nitrogens with one attached hydrogen (secondary N) is 1. The van der Waals surface area contributed by atoms with Crippen LogP contribution in [-0.2, 0) is 0 Å². The van der Waals surface area contributed by atoms with Crippen LogP contribution in [0.4, 0.5) is 15.9 Å². The van der Waals surface area contributed by atoms with E-state index in [0.29, 0.717) is 28.0 Å². The minimum atomic E-state index is -0.474. The zero-order valence-electron chi connectivity index (χ0n) is 16.3. The summed E-state index contributed by atoms with van der Waals surface area (Å²) in [6.45, 7) is 3.49. The van der Waals surface area contributed by atoms with Gasteiger partial charge in [0.1, 0.15) is 28.5 Å². The van der Waals surface area contributed by atoms with E-state index in [0.717, 1.165) is 5.56 Å². The fourth-order valence-electron chi connectivity index (χ4n) is 2.90. The Kier molecular flexibility index (Phi) is 5.02. The number of carbonyl (C=O) groups excluding carboxylic acids is 1. The second-order valence-corrected chi connectivity index (χ2v) is 6.86. The summed E-state index contributed by atoms with van der Waals surface area (Å²) in [4.78, 5) is 21.5. The highest BCUT2D eigenvalue weighted by Gasteiger charge is 2.15. The molecule has 0 aliphatic rings. The molecule has 6 nitrogen and oxygen atoms in total. The van der Waals surface area contributed by atoms with Crippen molar-refractivity contribution in [2.24, 2.45) is 4.99 Å². The lowest BCUT2D eigenvalue weighted by atomic mass is 10.1. The Labute approximate surface area is 171 Å². The first kappa shape index (κ1) is 19.3. The number of fused-ring (bicyclic) bond motifs is 1. The van der Waals surface area contributed by atoms with E-state index < -0.39 is 11.7 Å². The van der Waals surface area contributed by atoms with Crippen molar-refractivity contribution in [3.8, 4) is 5.75 Å². The second kappa shape index (κ2) is 7.79. The van der Waals surface area contributed by atoms with Gasteiger partial charge in [0.25, 0.3) is 5.91 Å². The molecule has 2 N–H and O–H groups in total. The van der Waals surface area contributed by atoms with Crippen molar-refractivity contribution in [3.63, 3.8) is 0 Å². The fourth-order valence-corrected chi connectivity index (χ4v) is 2.90. The zero-order chi connectivity index (χ0) is 21.3. The lowest BCUT2D eigenvalue weighted by molar-refractivity contribution is 0.102. The average molecular weight is 403 g/mol. The number of phenolic OH excluding ortho intramolecular Hbond substituents is 1. The normalized spacial score (nSPS) is 11.6. The molecule has 2 aromatic carbocycles. The van der Waals surface area contributed by atoms with Gasteiger partial charge in [0.15, 0.2) is 0 Å². The van der Waals surface area contributed by atoms with Gasteiger partial charge in [-0.05, 0) is 55.8 Å². The van der Waals surface area contributed by atoms with Gasteiger partial charge in [0.05, 0.1) is 5.69 Å². The molecule has 2 heterocycles. The van der Waals surface area contributed by atoms with Crippen LogP contribution in [0.25, 0.3) is 11.0 Å². The number of phenols is 1. The van der Waals surface area contributed by atoms with Crippen LogP contribution in [-0.4, -0.2) is 16.0 Å². The molecule has 0 aliphatic heterocycles. The van der Waals surface area contributed by atoms with E-state index in [1.165, 1.54) is 24.3 Å². The third-order valence-electron chi connectivity index (χ3n) is 4.59. The van der Waals surface area contributed by atoms with E-state index in [1.54, 1.807) is 37.4 Å². The molecule has 0 saturated heterocycles. The number of hydrogen-bond donors (Lipinski definition) is 2. The van der Waals surface area contributed by atoms with Crippen LogP contribution in [0, 0.1) is 19.7 Å². The number of pyridine rings is 1. The Balaban J connectivity index is 1.88. The van der Waals surface area contributed by atoms with Crippen LogP contribution in [0.5, 0.6) is 5.75 Å². The molecule has 0 aliphatic carbocycles. The van der Waals surface area contributed by atoms with Gasteiger partial charge in [-0.3, -0.25) is 4.79 Å². The third kappa shape index (κ3) is 3.91. The number of aryl methyl sites for hydroxylation is 1. The van der Waals surface area contributed by atoms with Crippen molar-refractivity contribution in [1.82, 2.24) is 4.98 Å². The van der Waals surface area contributed by atoms with E-state index in [9.17, 15) is 14.3 Å². The van der Waals surface area contributed by atoms with E-state index >= 15 is 0 Å². The number of carbonyl (C=O) groups is 1. The summed E-state index contributed by atoms with van der Waals surface area (Å²) in [5.41, 5.74) is 2.11. The number of nitrogens with zero attached hydrogens (tertiary/aromatic N) is 2. The molecule has 150 valence electrons. The minimum Gasteiger partial charge on any atom is -0.508 e. The Bertz CT molecular complexity index is 1330. The molecule has 7 heteroatoms. The average Bonchev–Trinajstić information content (AvgIpc) is 2.72. The van der Waals surface area contributed by atoms with Crippen molar-refractivity contribution < 1.29 is 18.7 Å². The van der Waals surface area contributed by atoms with Crippen LogP contribution in [0.15, 0.2) is 70.2 Å². The maximum absolute atomic E-state index is 14.0. The third-order valence-corrected chi connectivity index (χ3v) is 4.59. The van der Waals surface area contributed by atoms with Crippen LogP contribution in [0.1, 0.15) is 21.5 Å². The molecule has 1 amide bonds. The van der Waals surface area contributed by atoms with Crippen molar-refractivity contribution in [2.45, 2.75) is 13.8 Å². The number of benzene rings is 2. The van der Waals surface area contributed by atoms with Crippen LogP contribution in [0.2, 0.25) is 0 Å². The van der Waals surface area contributed by atoms with Crippen molar-refractivity contribution in [2.75, 3.05) is 5.32 Å². The van der Waals surface area contributed by atoms with E-state index in [4.69, 9.17) is 4.42 Å². The predicted octanol–water partition coefficient (Wildman–Crippen LogP) is 4.77. The summed E-state index contributed by atoms with van der Waals surface area (Å²) in [7, 11) is 0. The number of aromatic nitrogens is 1. The maximum Gasteiger partial charge on any atom is 0.262 e. The molecular formula is C23H18FN3O3. The minimum absolute atomic E-state index is 0.00795. The predicted molar refractivity (Wildman–Crippen MR) is 111 cm³/mol. The van der Waals surface area contributed by atoms with Gasteiger partial charge in [-0.15, -0.1) is 0 Å². The molecule has 4 rings (SSSR count). The lowest BCUT2D eigenvalue weighted by Gasteiger charge is -2.07. The number of rotatable bonds is 3. The summed E-state index contributed by atoms with van der Waals surface area (Å²) < 4.78 is 19.8. The van der Waals surface area contributed by atoms with Crippen molar-refractivity contribution in [1.29, 1.82) is 0 Å². The molecule has 0 saturated carbocycles. The smallest absolute Gasteiger partial charge is 0.262 e. The highest BCUT2D eigenvalue weighted by atomic mass is 19.1. The monoisotopic (exact) mass is 403 g/mol. The highest BCUT2D eigenvalue weighted by molar-refractivity contribution is 6.05. The molecule has 0 bridgehead atoms. The molecule has 2 aromatic heterocycles. The van der Waals surface area contributed by atoms with Gasteiger partial charge in [-0.1, -0.05) is 12.1 Å². The van der Waals surface area contributed by atoms with Crippen LogP contribution >= 0.6 is 0 Å². The summed E-state index contributed by atoms with van der Waals surface area (Å²) in [6, 6.07) is 14.2. The second-order valence-electron chi connectivity index (χ2n) is 6.86. The topological polar surface area (TPSA) is 87.7 Å². The number of anilines is 1. The van der Waals surface area contributed by atoms with E-state index in [2.05, 4.69) is 15.3 Å². The van der Waals surface area contributed by atoms with Gasteiger partial charge >= 0.3 is 0 Å². The van der Waals surface area contributed by atoms with Gasteiger partial charge < -0.3 is 14.8 Å². The fraction of sp³-hybridized carbons (Fsp3) is 0.0870. The summed E-state index contributed by atoms with van der Waals surface area (Å²) >= 11 is 0. The first-order valence-electron chi connectivity index (χ1n) is 9.21. The van der Waals surface area contributed by atoms with E-state index in [1.807, 2.05) is 13.0 Å². The van der Waals surface area contributed by atoms with Gasteiger partial charge in [-0.2, -0.15) is 0 Å². The van der Waals surface area contributed by atoms with Gasteiger partial charge in [0.2, 0.25) is 5.55 Å². The first-order chi connectivity index (χ1) is 14.4. The molecule has 0 radical (unpaired) electrons. The van der Waals surface area contributed by atoms with E-state index in [-0.39, 0.29) is 16.9 Å². The summed E-state index contributed by atoms with van der Waals surface area (Å²) in [5.74, 6) is -0.494. The standard InChI is InChI=1S/C23H18FN3O3/c1-13-6-9-21(25-12-13)27-22(29)17-10-15-7-8-16(28)11-20(15)30-23(17)26-19-5-3-4-18(24)14(19)2/h3-12,28H,1-2H3,(H,25,27,29). The molecule has 0 atom stereocenters. The quantitative estimate of drug-likeness (QED) is 0.516. The molecule has 0 fully saturated rings. The van der Waals surface area contributed by atoms with Crippen molar-refractivity contribution >= 4 is 28.4 Å². The molecular weight excluding hydrogens is 385 g/mol. The largest absolute Gasteiger partial charge is 0.508 e. The molecule has 0 spiro atoms. The summed E-state index contributed by atoms with van der Waals surface area (Å²) in [5, 5.41) is 13.1. The Morgan fingerprint density at radius 3 is 2.73 bits per heavy atom. The maximum atomic E-state index is 14.0. The number of aromatic hydroxyl groups is 1. The van der Waals surface area contributed by atoms with Crippen molar-refractivity contribution in [3.05, 3.63) is 88.9 Å². The molecule has 0 unspecified atom stereocenters. The lowest BCUT2D eigenvalue weighted by Crippen LogP contribution is -2.22.